The van der Waals surface area contributed by atoms with Crippen molar-refractivity contribution in [2.75, 3.05) is 52.5 Å². The number of hydrogen-bond donors (Lipinski definition) is 4. The van der Waals surface area contributed by atoms with Crippen LogP contribution in [0.15, 0.2) is 18.2 Å². The topological polar surface area (TPSA) is 123 Å². The number of carbonyl (C=O) groups excluding carboxylic acids is 1. The first-order valence-electron chi connectivity index (χ1n) is 9.01. The lowest BCUT2D eigenvalue weighted by Crippen LogP contribution is -2.41. The SMILES string of the molecule is O=C(NCCCN(CCO)CCO)N1CCOc2ccc(Cl)cc2C1.O=CO. The molecule has 0 radical (unpaired) electrons. The first kappa shape index (κ1) is 24.0. The Hall–Kier alpha value is -2.07. The van der Waals surface area contributed by atoms with Crippen LogP contribution in [0, 0.1) is 0 Å². The van der Waals surface area contributed by atoms with Gasteiger partial charge in [-0.25, -0.2) is 4.79 Å². The lowest BCUT2D eigenvalue weighted by molar-refractivity contribution is -0.122. The zero-order chi connectivity index (χ0) is 20.8. The van der Waals surface area contributed by atoms with Crippen LogP contribution in [-0.4, -0.2) is 90.2 Å². The predicted molar refractivity (Wildman–Crippen MR) is 105 cm³/mol. The highest BCUT2D eigenvalue weighted by atomic mass is 35.5. The molecule has 1 aliphatic heterocycles. The van der Waals surface area contributed by atoms with Gasteiger partial charge in [-0.05, 0) is 31.2 Å². The van der Waals surface area contributed by atoms with Crippen LogP contribution < -0.4 is 10.1 Å². The van der Waals surface area contributed by atoms with Gasteiger partial charge in [-0.2, -0.15) is 0 Å². The molecular formula is C18H28ClN3O6. The number of amides is 2. The average molecular weight is 418 g/mol. The van der Waals surface area contributed by atoms with Gasteiger partial charge in [-0.1, -0.05) is 11.6 Å². The van der Waals surface area contributed by atoms with Gasteiger partial charge in [-0.3, -0.25) is 9.69 Å². The first-order valence-corrected chi connectivity index (χ1v) is 9.39. The van der Waals surface area contributed by atoms with Crippen LogP contribution in [0.5, 0.6) is 5.75 Å². The molecule has 0 unspecified atom stereocenters. The Morgan fingerprint density at radius 2 is 1.96 bits per heavy atom. The normalized spacial score (nSPS) is 12.9. The van der Waals surface area contributed by atoms with Crippen LogP contribution >= 0.6 is 11.6 Å². The minimum Gasteiger partial charge on any atom is -0.491 e. The number of urea groups is 1. The summed E-state index contributed by atoms with van der Waals surface area (Å²) in [6, 6.07) is 5.30. The van der Waals surface area contributed by atoms with E-state index < -0.39 is 0 Å². The second kappa shape index (κ2) is 14.0. The van der Waals surface area contributed by atoms with Crippen molar-refractivity contribution in [2.45, 2.75) is 13.0 Å². The number of aliphatic hydroxyl groups excluding tert-OH is 2. The van der Waals surface area contributed by atoms with Crippen LogP contribution in [0.4, 0.5) is 4.79 Å². The molecule has 0 saturated heterocycles. The Morgan fingerprint density at radius 3 is 2.61 bits per heavy atom. The van der Waals surface area contributed by atoms with Gasteiger partial charge in [0.2, 0.25) is 0 Å². The summed E-state index contributed by atoms with van der Waals surface area (Å²) in [5.41, 5.74) is 0.900. The van der Waals surface area contributed by atoms with Gasteiger partial charge in [0.05, 0.1) is 26.3 Å². The Bertz CT molecular complexity index is 599. The third-order valence-corrected chi connectivity index (χ3v) is 4.28. The van der Waals surface area contributed by atoms with E-state index in [1.165, 1.54) is 0 Å². The van der Waals surface area contributed by atoms with Crippen LogP contribution in [0.3, 0.4) is 0 Å². The zero-order valence-corrected chi connectivity index (χ0v) is 16.5. The maximum atomic E-state index is 12.4. The number of carboxylic acid groups (broad SMARTS) is 1. The molecule has 2 rings (SSSR count). The largest absolute Gasteiger partial charge is 0.491 e. The third-order valence-electron chi connectivity index (χ3n) is 4.05. The van der Waals surface area contributed by atoms with Crippen LogP contribution in [0.25, 0.3) is 0 Å². The highest BCUT2D eigenvalue weighted by Gasteiger charge is 2.19. The fourth-order valence-corrected chi connectivity index (χ4v) is 2.96. The van der Waals surface area contributed by atoms with Gasteiger partial charge in [0, 0.05) is 30.2 Å². The van der Waals surface area contributed by atoms with Crippen molar-refractivity contribution in [1.82, 2.24) is 15.1 Å². The number of aliphatic hydroxyl groups is 2. The second-order valence-corrected chi connectivity index (χ2v) is 6.44. The molecule has 1 heterocycles. The number of carbonyl (C=O) groups is 2. The van der Waals surface area contributed by atoms with E-state index in [0.717, 1.165) is 17.7 Å². The van der Waals surface area contributed by atoms with E-state index in [4.69, 9.17) is 36.5 Å². The maximum Gasteiger partial charge on any atom is 0.317 e. The Balaban J connectivity index is 0.00000122. The van der Waals surface area contributed by atoms with Crippen molar-refractivity contribution in [2.24, 2.45) is 0 Å². The zero-order valence-electron chi connectivity index (χ0n) is 15.7. The van der Waals surface area contributed by atoms with E-state index in [-0.39, 0.29) is 25.7 Å². The number of fused-ring (bicyclic) bond motifs is 1. The number of ether oxygens (including phenoxy) is 1. The van der Waals surface area contributed by atoms with Gasteiger partial charge >= 0.3 is 6.03 Å². The summed E-state index contributed by atoms with van der Waals surface area (Å²) in [5.74, 6) is 0.767. The highest BCUT2D eigenvalue weighted by molar-refractivity contribution is 6.30. The summed E-state index contributed by atoms with van der Waals surface area (Å²) < 4.78 is 5.66. The quantitative estimate of drug-likeness (QED) is 0.361. The Kier molecular flexibility index (Phi) is 12.0. The van der Waals surface area contributed by atoms with Crippen molar-refractivity contribution in [3.8, 4) is 5.75 Å². The molecule has 0 saturated carbocycles. The highest BCUT2D eigenvalue weighted by Crippen LogP contribution is 2.26. The van der Waals surface area contributed by atoms with Crippen molar-refractivity contribution >= 4 is 24.1 Å². The van der Waals surface area contributed by atoms with E-state index in [0.29, 0.717) is 50.9 Å². The van der Waals surface area contributed by atoms with Crippen molar-refractivity contribution in [3.63, 3.8) is 0 Å². The van der Waals surface area contributed by atoms with E-state index in [9.17, 15) is 4.79 Å². The van der Waals surface area contributed by atoms with Crippen molar-refractivity contribution < 1.29 is 29.6 Å². The standard InChI is InChI=1S/C17H26ClN3O4.CH2O2/c18-15-2-3-16-14(12-15)13-21(8-11-25-16)17(24)19-4-1-5-20(6-9-22)7-10-23;2-1-3/h2-3,12,22-23H,1,4-11,13H2,(H,19,24);1H,(H,2,3). The fourth-order valence-electron chi connectivity index (χ4n) is 2.76. The summed E-state index contributed by atoms with van der Waals surface area (Å²) in [5, 5.41) is 28.4. The van der Waals surface area contributed by atoms with Gasteiger partial charge in [0.15, 0.2) is 0 Å². The minimum atomic E-state index is -0.250. The minimum absolute atomic E-state index is 0.0576. The molecular weight excluding hydrogens is 390 g/mol. The molecule has 0 atom stereocenters. The number of benzene rings is 1. The first-order chi connectivity index (χ1) is 13.5. The molecule has 1 aromatic rings. The van der Waals surface area contributed by atoms with Crippen LogP contribution in [0.1, 0.15) is 12.0 Å². The lowest BCUT2D eigenvalue weighted by Gasteiger charge is -2.22. The molecule has 2 amide bonds. The number of nitrogens with one attached hydrogen (secondary N) is 1. The monoisotopic (exact) mass is 417 g/mol. The van der Waals surface area contributed by atoms with Crippen LogP contribution in [0.2, 0.25) is 5.02 Å². The summed E-state index contributed by atoms with van der Waals surface area (Å²) in [6.07, 6.45) is 0.749. The summed E-state index contributed by atoms with van der Waals surface area (Å²) >= 11 is 6.03. The Morgan fingerprint density at radius 1 is 1.29 bits per heavy atom. The molecule has 0 fully saturated rings. The lowest BCUT2D eigenvalue weighted by atomic mass is 10.2. The molecule has 0 aromatic heterocycles. The van der Waals surface area contributed by atoms with Crippen molar-refractivity contribution in [3.05, 3.63) is 28.8 Å². The fraction of sp³-hybridized carbons (Fsp3) is 0.556. The summed E-state index contributed by atoms with van der Waals surface area (Å²) in [7, 11) is 0. The molecule has 10 heteroatoms. The van der Waals surface area contributed by atoms with Crippen LogP contribution in [-0.2, 0) is 11.3 Å². The molecule has 0 aliphatic carbocycles. The molecule has 0 spiro atoms. The molecule has 0 bridgehead atoms. The molecule has 28 heavy (non-hydrogen) atoms. The van der Waals surface area contributed by atoms with Gasteiger partial charge in [0.1, 0.15) is 12.4 Å². The van der Waals surface area contributed by atoms with Gasteiger partial charge < -0.3 is 30.3 Å². The van der Waals surface area contributed by atoms with E-state index >= 15 is 0 Å². The summed E-state index contributed by atoms with van der Waals surface area (Å²) in [6.45, 7) is 3.58. The number of nitrogens with zero attached hydrogens (tertiary/aromatic N) is 2. The van der Waals surface area contributed by atoms with E-state index in [1.54, 1.807) is 11.0 Å². The third kappa shape index (κ3) is 8.75. The number of rotatable bonds is 8. The molecule has 4 N–H and O–H groups in total. The molecule has 1 aromatic carbocycles. The average Bonchev–Trinajstić information content (AvgIpc) is 2.88. The smallest absolute Gasteiger partial charge is 0.317 e. The Labute approximate surface area is 169 Å². The summed E-state index contributed by atoms with van der Waals surface area (Å²) in [4.78, 5) is 24.4. The second-order valence-electron chi connectivity index (χ2n) is 6.00. The van der Waals surface area contributed by atoms with E-state index in [1.807, 2.05) is 17.0 Å². The van der Waals surface area contributed by atoms with Gasteiger partial charge in [0.25, 0.3) is 6.47 Å². The molecule has 1 aliphatic rings. The van der Waals surface area contributed by atoms with Gasteiger partial charge in [-0.15, -0.1) is 0 Å². The van der Waals surface area contributed by atoms with Crippen molar-refractivity contribution in [1.29, 1.82) is 0 Å². The maximum absolute atomic E-state index is 12.4. The number of halogens is 1. The number of hydrogen-bond acceptors (Lipinski definition) is 6. The molecule has 9 nitrogen and oxygen atoms in total. The molecule has 158 valence electrons. The van der Waals surface area contributed by atoms with E-state index in [2.05, 4.69) is 5.32 Å². The predicted octanol–water partition coefficient (Wildman–Crippen LogP) is 0.622.